The van der Waals surface area contributed by atoms with Gasteiger partial charge in [-0.15, -0.1) is 0 Å². The van der Waals surface area contributed by atoms with Gasteiger partial charge in [0.2, 0.25) is 0 Å². The van der Waals surface area contributed by atoms with Gasteiger partial charge in [0.05, 0.1) is 14.6 Å². The predicted octanol–water partition coefficient (Wildman–Crippen LogP) is 0.884. The Hall–Kier alpha value is -1.35. The van der Waals surface area contributed by atoms with E-state index in [2.05, 4.69) is 9.26 Å². The maximum Gasteiger partial charge on any atom is 0.274 e. The Kier molecular flexibility index (Phi) is 3.25. The maximum absolute atomic E-state index is 11.9. The lowest BCUT2D eigenvalue weighted by Crippen LogP contribution is -2.04. The van der Waals surface area contributed by atoms with Crippen molar-refractivity contribution in [3.8, 4) is 6.07 Å². The zero-order valence-electron chi connectivity index (χ0n) is 7.67. The summed E-state index contributed by atoms with van der Waals surface area (Å²) in [6.45, 7) is 1.73. The summed E-state index contributed by atoms with van der Waals surface area (Å²) in [7, 11) is 2.54. The van der Waals surface area contributed by atoms with E-state index in [-0.39, 0.29) is 5.69 Å². The molecule has 1 aromatic heterocycles. The maximum atomic E-state index is 11.9. The van der Waals surface area contributed by atoms with Gasteiger partial charge in [-0.1, -0.05) is 6.92 Å². The third-order valence-corrected chi connectivity index (χ3v) is 3.88. The zero-order valence-corrected chi connectivity index (χ0v) is 8.49. The molecule has 0 fully saturated rings. The number of aromatic nitrogens is 1. The van der Waals surface area contributed by atoms with E-state index < -0.39 is 9.73 Å². The van der Waals surface area contributed by atoms with Crippen LogP contribution in [-0.4, -0.2) is 22.9 Å². The first-order valence-electron chi connectivity index (χ1n) is 3.96. The van der Waals surface area contributed by atoms with Gasteiger partial charge in [-0.2, -0.15) is 5.26 Å². The highest BCUT2D eigenvalue weighted by Crippen LogP contribution is 2.12. The second kappa shape index (κ2) is 4.25. The van der Waals surface area contributed by atoms with Gasteiger partial charge in [-0.3, -0.25) is 0 Å². The lowest BCUT2D eigenvalue weighted by Gasteiger charge is -2.05. The fourth-order valence-electron chi connectivity index (χ4n) is 0.937. The summed E-state index contributed by atoms with van der Waals surface area (Å²) >= 11 is 0. The Morgan fingerprint density at radius 1 is 1.71 bits per heavy atom. The number of nitriles is 1. The molecular formula is C8H8BN3OS. The highest BCUT2D eigenvalue weighted by molar-refractivity contribution is 7.94. The van der Waals surface area contributed by atoms with Crippen molar-refractivity contribution in [1.29, 1.82) is 5.26 Å². The van der Waals surface area contributed by atoms with Crippen LogP contribution in [0.2, 0.25) is 0 Å². The topological polar surface area (TPSA) is 66.1 Å². The molecule has 0 saturated heterocycles. The van der Waals surface area contributed by atoms with Gasteiger partial charge in [0.15, 0.2) is 0 Å². The van der Waals surface area contributed by atoms with Gasteiger partial charge in [-0.25, -0.2) is 9.19 Å². The second-order valence-corrected chi connectivity index (χ2v) is 5.07. The molecule has 4 nitrogen and oxygen atoms in total. The van der Waals surface area contributed by atoms with Crippen molar-refractivity contribution in [3.63, 3.8) is 0 Å². The van der Waals surface area contributed by atoms with E-state index in [1.54, 1.807) is 13.0 Å². The number of hydrogen-bond acceptors (Lipinski definition) is 4. The molecule has 0 aliphatic heterocycles. The molecular weight excluding hydrogens is 197 g/mol. The molecule has 1 heterocycles. The zero-order chi connectivity index (χ0) is 10.6. The summed E-state index contributed by atoms with van der Waals surface area (Å²) in [5.41, 5.74) is 0.281. The van der Waals surface area contributed by atoms with Crippen LogP contribution in [0.3, 0.4) is 0 Å². The molecule has 0 bridgehead atoms. The van der Waals surface area contributed by atoms with Crippen LogP contribution in [0.15, 0.2) is 27.5 Å². The molecule has 0 aromatic carbocycles. The molecule has 1 atom stereocenters. The highest BCUT2D eigenvalue weighted by atomic mass is 32.2. The van der Waals surface area contributed by atoms with Crippen LogP contribution in [0.5, 0.6) is 0 Å². The Morgan fingerprint density at radius 3 is 2.79 bits per heavy atom. The van der Waals surface area contributed by atoms with Gasteiger partial charge in [-0.05, 0) is 12.1 Å². The fourth-order valence-corrected chi connectivity index (χ4v) is 2.04. The molecule has 0 N–H and O–H groups in total. The number of nitrogens with zero attached hydrogens (tertiary/aromatic N) is 3. The second-order valence-electron chi connectivity index (χ2n) is 2.53. The number of hydrogen-bond donors (Lipinski definition) is 0. The van der Waals surface area contributed by atoms with E-state index in [0.29, 0.717) is 10.6 Å². The summed E-state index contributed by atoms with van der Waals surface area (Å²) in [5, 5.41) is 8.51. The average molecular weight is 205 g/mol. The van der Waals surface area contributed by atoms with Crippen molar-refractivity contribution in [2.75, 3.05) is 5.75 Å². The number of rotatable bonds is 2. The molecule has 2 radical (unpaired) electrons. The van der Waals surface area contributed by atoms with Crippen LogP contribution in [-0.2, 0) is 9.73 Å². The minimum absolute atomic E-state index is 0.281. The quantitative estimate of drug-likeness (QED) is 0.673. The Morgan fingerprint density at radius 2 is 2.43 bits per heavy atom. The van der Waals surface area contributed by atoms with E-state index in [1.807, 2.05) is 6.07 Å². The normalized spacial score (nSPS) is 14.0. The first-order valence-corrected chi connectivity index (χ1v) is 5.65. The molecule has 70 valence electrons. The molecule has 0 spiro atoms. The molecule has 0 aliphatic carbocycles. The Bertz CT molecular complexity index is 468. The third-order valence-electron chi connectivity index (χ3n) is 1.78. The molecule has 0 saturated carbocycles. The van der Waals surface area contributed by atoms with E-state index >= 15 is 0 Å². The summed E-state index contributed by atoms with van der Waals surface area (Å²) in [5.74, 6) is 0.330. The van der Waals surface area contributed by atoms with E-state index in [0.717, 1.165) is 0 Å². The van der Waals surface area contributed by atoms with Crippen LogP contribution in [0.1, 0.15) is 12.6 Å². The highest BCUT2D eigenvalue weighted by Gasteiger charge is 2.08. The molecule has 1 rings (SSSR count). The van der Waals surface area contributed by atoms with Gasteiger partial charge < -0.3 is 4.27 Å². The van der Waals surface area contributed by atoms with Crippen molar-refractivity contribution in [3.05, 3.63) is 24.0 Å². The SMILES string of the molecule is [B]N=S(=O)(CC)c1ccc(C#N)nc1. The van der Waals surface area contributed by atoms with E-state index in [1.165, 1.54) is 12.3 Å². The molecule has 0 aliphatic rings. The van der Waals surface area contributed by atoms with Crippen LogP contribution < -0.4 is 0 Å². The average Bonchev–Trinajstić information content (AvgIpc) is 2.28. The molecule has 6 heteroatoms. The summed E-state index contributed by atoms with van der Waals surface area (Å²) in [4.78, 5) is 4.26. The van der Waals surface area contributed by atoms with Crippen LogP contribution in [0, 0.1) is 11.3 Å². The van der Waals surface area contributed by atoms with Gasteiger partial charge >= 0.3 is 0 Å². The van der Waals surface area contributed by atoms with Gasteiger partial charge in [0.25, 0.3) is 7.98 Å². The van der Waals surface area contributed by atoms with Crippen LogP contribution >= 0.6 is 0 Å². The predicted molar refractivity (Wildman–Crippen MR) is 54.1 cm³/mol. The third kappa shape index (κ3) is 1.94. The fraction of sp³-hybridized carbons (Fsp3) is 0.250. The molecule has 1 unspecified atom stereocenters. The minimum atomic E-state index is -2.54. The summed E-state index contributed by atoms with van der Waals surface area (Å²) < 4.78 is 15.3. The Labute approximate surface area is 84.6 Å². The summed E-state index contributed by atoms with van der Waals surface area (Å²) in [6, 6.07) is 4.93. The molecule has 14 heavy (non-hydrogen) atoms. The van der Waals surface area contributed by atoms with Crippen molar-refractivity contribution < 1.29 is 4.21 Å². The molecule has 0 amide bonds. The van der Waals surface area contributed by atoms with E-state index in [9.17, 15) is 4.21 Å². The standard InChI is InChI=1S/C8H8BN3OS/c1-2-14(13,12-9)8-4-3-7(5-10)11-6-8/h3-4,6H,2H2,1H3. The Balaban J connectivity index is 3.24. The monoisotopic (exact) mass is 205 g/mol. The first-order chi connectivity index (χ1) is 6.66. The smallest absolute Gasteiger partial charge is 0.274 e. The largest absolute Gasteiger partial charge is 0.309 e. The first kappa shape index (κ1) is 10.7. The van der Waals surface area contributed by atoms with Gasteiger partial charge in [0.1, 0.15) is 11.8 Å². The summed E-state index contributed by atoms with van der Waals surface area (Å²) in [6.07, 6.45) is 1.38. The van der Waals surface area contributed by atoms with Gasteiger partial charge in [0, 0.05) is 11.9 Å². The number of pyridine rings is 1. The van der Waals surface area contributed by atoms with Crippen LogP contribution in [0.25, 0.3) is 0 Å². The van der Waals surface area contributed by atoms with E-state index in [4.69, 9.17) is 13.2 Å². The van der Waals surface area contributed by atoms with Crippen molar-refractivity contribution in [2.45, 2.75) is 11.8 Å². The minimum Gasteiger partial charge on any atom is -0.309 e. The lowest BCUT2D eigenvalue weighted by molar-refractivity contribution is 0.678. The van der Waals surface area contributed by atoms with Crippen molar-refractivity contribution in [1.82, 2.24) is 4.98 Å². The van der Waals surface area contributed by atoms with Crippen LogP contribution in [0.4, 0.5) is 0 Å². The van der Waals surface area contributed by atoms with Crippen molar-refractivity contribution in [2.24, 2.45) is 4.27 Å². The molecule has 1 aromatic rings. The van der Waals surface area contributed by atoms with Crippen molar-refractivity contribution >= 4 is 17.7 Å². The lowest BCUT2D eigenvalue weighted by atomic mass is 10.4.